The van der Waals surface area contributed by atoms with E-state index in [0.717, 1.165) is 29.9 Å². The van der Waals surface area contributed by atoms with Crippen LogP contribution in [0.2, 0.25) is 15.1 Å². The van der Waals surface area contributed by atoms with Gasteiger partial charge in [-0.05, 0) is 43.2 Å². The molecule has 8 heteroatoms. The number of rotatable bonds is 8. The summed E-state index contributed by atoms with van der Waals surface area (Å²) >= 11 is 18.3. The van der Waals surface area contributed by atoms with E-state index >= 15 is 0 Å². The Morgan fingerprint density at radius 3 is 2.36 bits per heavy atom. The number of nitrogens with one attached hydrogen (secondary N) is 1. The van der Waals surface area contributed by atoms with Crippen molar-refractivity contribution in [3.63, 3.8) is 0 Å². The molecule has 2 aromatic rings. The van der Waals surface area contributed by atoms with E-state index in [2.05, 4.69) is 10.2 Å². The Hall–Kier alpha value is -1.66. The first-order valence-electron chi connectivity index (χ1n) is 8.80. The van der Waals surface area contributed by atoms with Crippen LogP contribution in [0.15, 0.2) is 30.3 Å². The summed E-state index contributed by atoms with van der Waals surface area (Å²) in [5.74, 6) is 1.31. The highest BCUT2D eigenvalue weighted by Crippen LogP contribution is 2.35. The van der Waals surface area contributed by atoms with E-state index in [1.165, 1.54) is 0 Å². The third-order valence-electron chi connectivity index (χ3n) is 4.54. The summed E-state index contributed by atoms with van der Waals surface area (Å²) < 4.78 is 10.8. The van der Waals surface area contributed by atoms with Crippen LogP contribution in [0.5, 0.6) is 11.5 Å². The van der Waals surface area contributed by atoms with Gasteiger partial charge in [0, 0.05) is 23.2 Å². The van der Waals surface area contributed by atoms with Crippen molar-refractivity contribution in [3.8, 4) is 11.5 Å². The number of benzene rings is 2. The molecule has 2 aromatic carbocycles. The molecule has 28 heavy (non-hydrogen) atoms. The van der Waals surface area contributed by atoms with Gasteiger partial charge < -0.3 is 14.8 Å². The molecule has 0 saturated heterocycles. The molecule has 0 aliphatic heterocycles. The summed E-state index contributed by atoms with van der Waals surface area (Å²) in [4.78, 5) is 14.8. The fraction of sp³-hybridized carbons (Fsp3) is 0.350. The van der Waals surface area contributed by atoms with E-state index in [1.54, 1.807) is 26.4 Å². The Morgan fingerprint density at radius 1 is 1.11 bits per heavy atom. The second-order valence-electron chi connectivity index (χ2n) is 6.61. The van der Waals surface area contributed by atoms with Crippen LogP contribution in [-0.2, 0) is 11.3 Å². The van der Waals surface area contributed by atoms with Crippen molar-refractivity contribution in [1.29, 1.82) is 0 Å². The second-order valence-corrected chi connectivity index (χ2v) is 7.86. The van der Waals surface area contributed by atoms with Gasteiger partial charge >= 0.3 is 0 Å². The molecule has 0 unspecified atom stereocenters. The van der Waals surface area contributed by atoms with Crippen molar-refractivity contribution >= 4 is 46.4 Å². The fourth-order valence-corrected chi connectivity index (χ4v) is 3.91. The van der Waals surface area contributed by atoms with E-state index in [0.29, 0.717) is 33.3 Å². The van der Waals surface area contributed by atoms with Gasteiger partial charge in [-0.25, -0.2) is 0 Å². The minimum Gasteiger partial charge on any atom is -0.497 e. The normalized spacial score (nSPS) is 13.5. The summed E-state index contributed by atoms with van der Waals surface area (Å²) in [6.45, 7) is 0.779. The van der Waals surface area contributed by atoms with Crippen LogP contribution < -0.4 is 14.8 Å². The van der Waals surface area contributed by atoms with E-state index < -0.39 is 0 Å². The van der Waals surface area contributed by atoms with Crippen LogP contribution in [0.3, 0.4) is 0 Å². The van der Waals surface area contributed by atoms with Gasteiger partial charge in [-0.1, -0.05) is 34.8 Å². The SMILES string of the molecule is COc1ccc(OC)c(CN(CC(=O)Nc2c(Cl)cc(Cl)cc2Cl)C2CC2)c1. The summed E-state index contributed by atoms with van der Waals surface area (Å²) in [7, 11) is 3.25. The molecule has 1 saturated carbocycles. The number of amides is 1. The summed E-state index contributed by atoms with van der Waals surface area (Å²) in [6, 6.07) is 9.10. The zero-order chi connectivity index (χ0) is 20.3. The fourth-order valence-electron chi connectivity index (χ4n) is 3.00. The predicted octanol–water partition coefficient (Wildman–Crippen LogP) is 5.27. The van der Waals surface area contributed by atoms with Crippen molar-refractivity contribution in [1.82, 2.24) is 4.90 Å². The van der Waals surface area contributed by atoms with Crippen LogP contribution in [0.1, 0.15) is 18.4 Å². The van der Waals surface area contributed by atoms with E-state index in [4.69, 9.17) is 44.3 Å². The zero-order valence-corrected chi connectivity index (χ0v) is 17.9. The molecule has 1 amide bonds. The van der Waals surface area contributed by atoms with Gasteiger partial charge in [-0.3, -0.25) is 9.69 Å². The van der Waals surface area contributed by atoms with Gasteiger partial charge in [0.2, 0.25) is 5.91 Å². The van der Waals surface area contributed by atoms with Gasteiger partial charge in [0.1, 0.15) is 11.5 Å². The van der Waals surface area contributed by atoms with Crippen molar-refractivity contribution in [2.24, 2.45) is 0 Å². The molecular formula is C20H21Cl3N2O3. The third-order valence-corrected chi connectivity index (χ3v) is 5.36. The molecule has 0 spiro atoms. The van der Waals surface area contributed by atoms with Crippen LogP contribution >= 0.6 is 34.8 Å². The monoisotopic (exact) mass is 442 g/mol. The largest absolute Gasteiger partial charge is 0.497 e. The van der Waals surface area contributed by atoms with Crippen LogP contribution in [-0.4, -0.2) is 37.6 Å². The molecule has 1 N–H and O–H groups in total. The third kappa shape index (κ3) is 5.23. The number of ether oxygens (including phenoxy) is 2. The Bertz CT molecular complexity index is 849. The highest BCUT2D eigenvalue weighted by Gasteiger charge is 2.31. The first-order valence-corrected chi connectivity index (χ1v) is 9.94. The van der Waals surface area contributed by atoms with Crippen LogP contribution in [0.25, 0.3) is 0 Å². The van der Waals surface area contributed by atoms with Crippen molar-refractivity contribution in [3.05, 3.63) is 51.0 Å². The molecule has 150 valence electrons. The maximum Gasteiger partial charge on any atom is 0.238 e. The predicted molar refractivity (Wildman–Crippen MR) is 113 cm³/mol. The number of halogens is 3. The molecule has 0 heterocycles. The van der Waals surface area contributed by atoms with E-state index in [-0.39, 0.29) is 12.5 Å². The van der Waals surface area contributed by atoms with E-state index in [9.17, 15) is 4.79 Å². The molecule has 3 rings (SSSR count). The Morgan fingerprint density at radius 2 is 1.79 bits per heavy atom. The first kappa shape index (κ1) is 21.1. The number of methoxy groups -OCH3 is 2. The summed E-state index contributed by atoms with van der Waals surface area (Å²) in [5, 5.41) is 3.82. The molecule has 0 aromatic heterocycles. The standard InChI is InChI=1S/C20H21Cl3N2O3/c1-27-15-5-6-18(28-2)12(7-15)10-25(14-3-4-14)11-19(26)24-20-16(22)8-13(21)9-17(20)23/h5-9,14H,3-4,10-11H2,1-2H3,(H,24,26). The molecular weight excluding hydrogens is 423 g/mol. The van der Waals surface area contributed by atoms with Crippen molar-refractivity contribution in [2.75, 3.05) is 26.1 Å². The lowest BCUT2D eigenvalue weighted by atomic mass is 10.1. The Kier molecular flexibility index (Phi) is 6.94. The molecule has 0 atom stereocenters. The Balaban J connectivity index is 1.73. The highest BCUT2D eigenvalue weighted by molar-refractivity contribution is 6.42. The number of carbonyl (C=O) groups excluding carboxylic acids is 1. The van der Waals surface area contributed by atoms with Gasteiger partial charge in [-0.15, -0.1) is 0 Å². The lowest BCUT2D eigenvalue weighted by Crippen LogP contribution is -2.34. The minimum atomic E-state index is -0.195. The van der Waals surface area contributed by atoms with Gasteiger partial charge in [0.05, 0.1) is 36.5 Å². The second kappa shape index (κ2) is 9.23. The molecule has 0 bridgehead atoms. The van der Waals surface area contributed by atoms with Crippen LogP contribution in [0, 0.1) is 0 Å². The summed E-state index contributed by atoms with van der Waals surface area (Å²) in [5.41, 5.74) is 1.33. The number of carbonyl (C=O) groups is 1. The quantitative estimate of drug-likeness (QED) is 0.604. The molecule has 5 nitrogen and oxygen atoms in total. The molecule has 1 aliphatic rings. The first-order chi connectivity index (χ1) is 13.4. The molecule has 1 fully saturated rings. The lowest BCUT2D eigenvalue weighted by molar-refractivity contribution is -0.117. The number of hydrogen-bond donors (Lipinski definition) is 1. The lowest BCUT2D eigenvalue weighted by Gasteiger charge is -2.23. The minimum absolute atomic E-state index is 0.195. The van der Waals surface area contributed by atoms with Gasteiger partial charge in [0.25, 0.3) is 0 Å². The molecule has 0 radical (unpaired) electrons. The van der Waals surface area contributed by atoms with Crippen molar-refractivity contribution in [2.45, 2.75) is 25.4 Å². The summed E-state index contributed by atoms with van der Waals surface area (Å²) in [6.07, 6.45) is 2.12. The average Bonchev–Trinajstić information content (AvgIpc) is 3.49. The Labute approximate surface area is 179 Å². The average molecular weight is 444 g/mol. The smallest absolute Gasteiger partial charge is 0.238 e. The van der Waals surface area contributed by atoms with Crippen molar-refractivity contribution < 1.29 is 14.3 Å². The number of hydrogen-bond acceptors (Lipinski definition) is 4. The van der Waals surface area contributed by atoms with E-state index in [1.807, 2.05) is 18.2 Å². The number of anilines is 1. The highest BCUT2D eigenvalue weighted by atomic mass is 35.5. The maximum absolute atomic E-state index is 12.7. The maximum atomic E-state index is 12.7. The topological polar surface area (TPSA) is 50.8 Å². The van der Waals surface area contributed by atoms with Gasteiger partial charge in [0.15, 0.2) is 0 Å². The molecule has 1 aliphatic carbocycles. The number of nitrogens with zero attached hydrogens (tertiary/aromatic N) is 1. The zero-order valence-electron chi connectivity index (χ0n) is 15.6. The van der Waals surface area contributed by atoms with Crippen LogP contribution in [0.4, 0.5) is 5.69 Å². The van der Waals surface area contributed by atoms with Gasteiger partial charge in [-0.2, -0.15) is 0 Å².